The molecule has 1 aliphatic heterocycles. The Bertz CT molecular complexity index is 932. The fourth-order valence-corrected chi connectivity index (χ4v) is 5.75. The predicted molar refractivity (Wildman–Crippen MR) is 248 cm³/mol. The molecular weight excluding hydrogens is 699 g/mol. The number of carbonyl (C=O) groups excluding carboxylic acids is 4. The number of carbonyl (C=O) groups is 4. The van der Waals surface area contributed by atoms with Crippen molar-refractivity contribution in [3.8, 4) is 0 Å². The van der Waals surface area contributed by atoms with E-state index in [1.165, 1.54) is 12.8 Å². The lowest BCUT2D eigenvalue weighted by molar-refractivity contribution is -0.140. The molecule has 9 heteroatoms. The lowest BCUT2D eigenvalue weighted by atomic mass is 9.83. The highest BCUT2D eigenvalue weighted by Crippen LogP contribution is 2.31. The first-order chi connectivity index (χ1) is 25.7. The smallest absolute Gasteiger partial charge is 0.248 e. The molecule has 2 fully saturated rings. The minimum Gasteiger partial charge on any atom is -0.352 e. The van der Waals surface area contributed by atoms with Crippen molar-refractivity contribution in [3.05, 3.63) is 12.2 Å². The molecule has 0 spiro atoms. The van der Waals surface area contributed by atoms with Crippen LogP contribution in [-0.4, -0.2) is 66.7 Å². The second-order valence-electron chi connectivity index (χ2n) is 17.0. The average molecular weight is 800 g/mol. The molecule has 2 aliphatic rings. The third-order valence-electron chi connectivity index (χ3n) is 8.97. The van der Waals surface area contributed by atoms with Crippen molar-refractivity contribution in [1.82, 2.24) is 15.5 Å². The minimum atomic E-state index is -0.540. The van der Waals surface area contributed by atoms with Gasteiger partial charge in [-0.2, -0.15) is 0 Å². The van der Waals surface area contributed by atoms with Gasteiger partial charge in [0.05, 0.1) is 12.1 Å². The molecule has 0 radical (unpaired) electrons. The van der Waals surface area contributed by atoms with E-state index in [9.17, 15) is 14.4 Å². The first-order valence-corrected chi connectivity index (χ1v) is 22.1. The molecule has 0 aromatic heterocycles. The summed E-state index contributed by atoms with van der Waals surface area (Å²) in [6.07, 6.45) is 12.6. The Hall–Kier alpha value is -2.26. The molecule has 5 atom stereocenters. The third kappa shape index (κ3) is 32.8. The van der Waals surface area contributed by atoms with Gasteiger partial charge in [0.1, 0.15) is 12.8 Å². The van der Waals surface area contributed by atoms with Gasteiger partial charge in [-0.25, -0.2) is 0 Å². The van der Waals surface area contributed by atoms with Crippen LogP contribution in [0.25, 0.3) is 0 Å². The SMILES string of the molecule is C.C=C(C(=O)NCCCC)C(CCC)NC(=O)C1C[C@@H](CC)CN1C(=O)C(N)C1CCCCC1.C=O.CC.CC.CC(C)(C)C.CCC.CCC(N)C(C)(C)C. The summed E-state index contributed by atoms with van der Waals surface area (Å²) in [5, 5.41) is 5.93. The summed E-state index contributed by atoms with van der Waals surface area (Å²) >= 11 is 0. The maximum Gasteiger partial charge on any atom is 0.248 e. The molecule has 3 amide bonds. The van der Waals surface area contributed by atoms with Crippen LogP contribution < -0.4 is 22.1 Å². The number of nitrogens with two attached hydrogens (primary N) is 2. The Balaban J connectivity index is -0.000000224. The Morgan fingerprint density at radius 1 is 0.821 bits per heavy atom. The summed E-state index contributed by atoms with van der Waals surface area (Å²) in [5.41, 5.74) is 13.3. The van der Waals surface area contributed by atoms with Crippen molar-refractivity contribution >= 4 is 24.5 Å². The normalized spacial score (nSPS) is 17.6. The van der Waals surface area contributed by atoms with Crippen molar-refractivity contribution in [2.45, 2.75) is 233 Å². The summed E-state index contributed by atoms with van der Waals surface area (Å²) in [4.78, 5) is 49.0. The fourth-order valence-electron chi connectivity index (χ4n) is 5.75. The van der Waals surface area contributed by atoms with Crippen molar-refractivity contribution < 1.29 is 19.2 Å². The highest BCUT2D eigenvalue weighted by atomic mass is 16.2. The van der Waals surface area contributed by atoms with Crippen LogP contribution in [0.15, 0.2) is 12.2 Å². The number of hydrogen-bond donors (Lipinski definition) is 4. The number of unbranched alkanes of at least 4 members (excludes halogenated alkanes) is 1. The van der Waals surface area contributed by atoms with E-state index in [0.717, 1.165) is 57.8 Å². The molecule has 0 bridgehead atoms. The molecule has 9 nitrogen and oxygen atoms in total. The highest BCUT2D eigenvalue weighted by molar-refractivity contribution is 5.96. The summed E-state index contributed by atoms with van der Waals surface area (Å²) in [7, 11) is 0. The molecule has 1 heterocycles. The van der Waals surface area contributed by atoms with Crippen LogP contribution in [-0.2, 0) is 19.2 Å². The maximum atomic E-state index is 13.4. The zero-order valence-electron chi connectivity index (χ0n) is 39.7. The predicted octanol–water partition coefficient (Wildman–Crippen LogP) is 11.0. The zero-order valence-corrected chi connectivity index (χ0v) is 39.7. The van der Waals surface area contributed by atoms with Gasteiger partial charge in [-0.05, 0) is 61.2 Å². The van der Waals surface area contributed by atoms with E-state index in [0.29, 0.717) is 43.0 Å². The fraction of sp³-hybridized carbons (Fsp3) is 0.872. The van der Waals surface area contributed by atoms with E-state index >= 15 is 0 Å². The first kappa shape index (κ1) is 65.6. The van der Waals surface area contributed by atoms with Crippen molar-refractivity contribution in [2.75, 3.05) is 13.1 Å². The highest BCUT2D eigenvalue weighted by Gasteiger charge is 2.42. The molecule has 1 saturated heterocycles. The Morgan fingerprint density at radius 2 is 1.29 bits per heavy atom. The van der Waals surface area contributed by atoms with Gasteiger partial charge >= 0.3 is 0 Å². The van der Waals surface area contributed by atoms with Crippen LogP contribution in [0.2, 0.25) is 0 Å². The van der Waals surface area contributed by atoms with E-state index in [2.05, 4.69) is 100 Å². The second kappa shape index (κ2) is 39.6. The maximum absolute atomic E-state index is 13.4. The third-order valence-corrected chi connectivity index (χ3v) is 8.97. The number of amides is 3. The molecular formula is C47H101N5O4. The largest absolute Gasteiger partial charge is 0.352 e. The molecule has 0 aromatic rings. The summed E-state index contributed by atoms with van der Waals surface area (Å²) < 4.78 is 0. The van der Waals surface area contributed by atoms with Crippen molar-refractivity contribution in [1.29, 1.82) is 0 Å². The van der Waals surface area contributed by atoms with Gasteiger partial charge < -0.3 is 31.8 Å². The topological polar surface area (TPSA) is 148 Å². The first-order valence-electron chi connectivity index (χ1n) is 22.1. The Morgan fingerprint density at radius 3 is 1.64 bits per heavy atom. The van der Waals surface area contributed by atoms with Gasteiger partial charge in [-0.1, -0.05) is 177 Å². The van der Waals surface area contributed by atoms with Gasteiger partial charge in [0.25, 0.3) is 0 Å². The van der Waals surface area contributed by atoms with Crippen LogP contribution in [0.1, 0.15) is 209 Å². The van der Waals surface area contributed by atoms with Crippen LogP contribution in [0.3, 0.4) is 0 Å². The van der Waals surface area contributed by atoms with E-state index in [-0.39, 0.29) is 42.4 Å². The Kier molecular flexibility index (Phi) is 46.3. The molecule has 1 saturated carbocycles. The summed E-state index contributed by atoms with van der Waals surface area (Å²) in [5.74, 6) is -0.0203. The zero-order chi connectivity index (χ0) is 44.4. The number of nitrogens with one attached hydrogen (secondary N) is 2. The molecule has 6 N–H and O–H groups in total. The molecule has 56 heavy (non-hydrogen) atoms. The quantitative estimate of drug-likeness (QED) is 0.108. The standard InChI is InChI=1S/C26H46N4O3.C7H17N.C5H12.C3H8.2C2H6.CH2O.CH4/c1-5-8-15-28-24(31)18(4)21(12-6-2)29-25(32)22-16-19(7-3)17-30(22)26(33)23(27)20-13-10-9-11-14-20;1-5-6(8)7(2,3)4;1-5(2,3)4;1-3-2;3*1-2;/h19-23H,4-17,27H2,1-3H3,(H,28,31)(H,29,32);6H,5,8H2,1-4H3;1-4H3;3H2,1-2H3;2*1-2H3;1H2;1H4/t19-,21?,22?,23?;;;;;;;/m1......./s1. The van der Waals surface area contributed by atoms with Crippen LogP contribution in [0, 0.1) is 22.7 Å². The van der Waals surface area contributed by atoms with Crippen molar-refractivity contribution in [2.24, 2.45) is 34.1 Å². The van der Waals surface area contributed by atoms with Crippen LogP contribution >= 0.6 is 0 Å². The second-order valence-corrected chi connectivity index (χ2v) is 17.0. The molecule has 338 valence electrons. The number of rotatable bonds is 13. The van der Waals surface area contributed by atoms with Crippen LogP contribution in [0.5, 0.6) is 0 Å². The molecule has 1 aliphatic carbocycles. The van der Waals surface area contributed by atoms with Gasteiger partial charge in [-0.3, -0.25) is 14.4 Å². The van der Waals surface area contributed by atoms with E-state index in [1.807, 2.05) is 41.4 Å². The molecule has 0 aromatic carbocycles. The monoisotopic (exact) mass is 800 g/mol. The van der Waals surface area contributed by atoms with Crippen LogP contribution in [0.4, 0.5) is 0 Å². The van der Waals surface area contributed by atoms with Gasteiger partial charge in [-0.15, -0.1) is 0 Å². The minimum absolute atomic E-state index is 0. The lowest BCUT2D eigenvalue weighted by Crippen LogP contribution is -2.55. The summed E-state index contributed by atoms with van der Waals surface area (Å²) in [6.45, 7) is 43.0. The van der Waals surface area contributed by atoms with E-state index in [1.54, 1.807) is 4.90 Å². The number of nitrogens with zero attached hydrogens (tertiary/aromatic N) is 1. The van der Waals surface area contributed by atoms with Crippen molar-refractivity contribution in [3.63, 3.8) is 0 Å². The van der Waals surface area contributed by atoms with Gasteiger partial charge in [0.15, 0.2) is 0 Å². The molecule has 4 unspecified atom stereocenters. The van der Waals surface area contributed by atoms with Gasteiger partial charge in [0.2, 0.25) is 17.7 Å². The van der Waals surface area contributed by atoms with E-state index in [4.69, 9.17) is 16.3 Å². The average Bonchev–Trinajstić information content (AvgIpc) is 3.61. The number of likely N-dealkylation sites (tertiary alicyclic amines) is 1. The molecule has 2 rings (SSSR count). The van der Waals surface area contributed by atoms with E-state index < -0.39 is 18.1 Å². The Labute approximate surface area is 350 Å². The lowest BCUT2D eigenvalue weighted by Gasteiger charge is -2.32. The number of hydrogen-bond acceptors (Lipinski definition) is 6. The van der Waals surface area contributed by atoms with Gasteiger partial charge in [0, 0.05) is 24.7 Å². The summed E-state index contributed by atoms with van der Waals surface area (Å²) in [6, 6.07) is -1.16.